The first-order valence-corrected chi connectivity index (χ1v) is 7.68. The molecule has 4 nitrogen and oxygen atoms in total. The lowest BCUT2D eigenvalue weighted by molar-refractivity contribution is 0.417. The third kappa shape index (κ3) is 2.28. The van der Waals surface area contributed by atoms with Crippen molar-refractivity contribution in [3.05, 3.63) is 35.2 Å². The van der Waals surface area contributed by atoms with E-state index in [9.17, 15) is 0 Å². The third-order valence-electron chi connectivity index (χ3n) is 3.38. The molecule has 0 aliphatic rings. The second kappa shape index (κ2) is 5.58. The van der Waals surface area contributed by atoms with Gasteiger partial charge in [0.25, 0.3) is 0 Å². The van der Waals surface area contributed by atoms with Crippen LogP contribution >= 0.6 is 11.3 Å². The van der Waals surface area contributed by atoms with Crippen LogP contribution in [0.5, 0.6) is 5.75 Å². The number of hydrogen-bond acceptors (Lipinski definition) is 4. The fourth-order valence-electron chi connectivity index (χ4n) is 2.44. The van der Waals surface area contributed by atoms with Gasteiger partial charge in [-0.1, -0.05) is 6.92 Å². The largest absolute Gasteiger partial charge is 0.495 e. The van der Waals surface area contributed by atoms with Gasteiger partial charge in [0.15, 0.2) is 5.82 Å². The number of rotatable bonds is 4. The molecule has 3 aromatic rings. The SMILES string of the molecule is CCCn1c(-c2sccc2OC)nc2cc(C#N)ccc21. The normalized spacial score (nSPS) is 10.7. The Kier molecular flexibility index (Phi) is 3.63. The Morgan fingerprint density at radius 3 is 2.95 bits per heavy atom. The average molecular weight is 297 g/mol. The van der Waals surface area contributed by atoms with Gasteiger partial charge in [0.2, 0.25) is 0 Å². The molecule has 5 heteroatoms. The molecule has 0 atom stereocenters. The molecule has 0 bridgehead atoms. The van der Waals surface area contributed by atoms with Crippen molar-refractivity contribution in [3.63, 3.8) is 0 Å². The number of hydrogen-bond donors (Lipinski definition) is 0. The van der Waals surface area contributed by atoms with Crippen molar-refractivity contribution in [3.8, 4) is 22.5 Å². The first kappa shape index (κ1) is 13.7. The number of aryl methyl sites for hydroxylation is 1. The summed E-state index contributed by atoms with van der Waals surface area (Å²) in [5.74, 6) is 1.75. The maximum Gasteiger partial charge on any atom is 0.155 e. The fraction of sp³-hybridized carbons (Fsp3) is 0.250. The number of benzene rings is 1. The summed E-state index contributed by atoms with van der Waals surface area (Å²) < 4.78 is 7.62. The van der Waals surface area contributed by atoms with E-state index in [1.54, 1.807) is 18.4 Å². The van der Waals surface area contributed by atoms with E-state index in [2.05, 4.69) is 17.6 Å². The molecule has 0 N–H and O–H groups in total. The van der Waals surface area contributed by atoms with Crippen LogP contribution in [0.15, 0.2) is 29.6 Å². The highest BCUT2D eigenvalue weighted by Gasteiger charge is 2.17. The van der Waals surface area contributed by atoms with Gasteiger partial charge in [0.1, 0.15) is 10.6 Å². The molecule has 0 saturated heterocycles. The Hall–Kier alpha value is -2.32. The number of ether oxygens (including phenoxy) is 1. The first-order chi connectivity index (χ1) is 10.3. The van der Waals surface area contributed by atoms with Gasteiger partial charge >= 0.3 is 0 Å². The van der Waals surface area contributed by atoms with E-state index in [1.165, 1.54) is 0 Å². The number of methoxy groups -OCH3 is 1. The van der Waals surface area contributed by atoms with Crippen molar-refractivity contribution in [2.24, 2.45) is 0 Å². The number of nitrogens with zero attached hydrogens (tertiary/aromatic N) is 3. The number of aromatic nitrogens is 2. The summed E-state index contributed by atoms with van der Waals surface area (Å²) in [6.45, 7) is 3.03. The summed E-state index contributed by atoms with van der Waals surface area (Å²) in [4.78, 5) is 5.76. The van der Waals surface area contributed by atoms with Crippen molar-refractivity contribution in [1.29, 1.82) is 5.26 Å². The fourth-order valence-corrected chi connectivity index (χ4v) is 3.30. The molecule has 0 saturated carbocycles. The van der Waals surface area contributed by atoms with Crippen LogP contribution in [-0.4, -0.2) is 16.7 Å². The smallest absolute Gasteiger partial charge is 0.155 e. The van der Waals surface area contributed by atoms with E-state index in [0.717, 1.165) is 40.5 Å². The predicted octanol–water partition coefficient (Wildman–Crippen LogP) is 4.06. The van der Waals surface area contributed by atoms with Crippen molar-refractivity contribution in [2.75, 3.05) is 7.11 Å². The zero-order valence-electron chi connectivity index (χ0n) is 12.0. The summed E-state index contributed by atoms with van der Waals surface area (Å²) in [7, 11) is 1.67. The Labute approximate surface area is 127 Å². The molecule has 2 aromatic heterocycles. The summed E-state index contributed by atoms with van der Waals surface area (Å²) >= 11 is 1.62. The van der Waals surface area contributed by atoms with E-state index in [-0.39, 0.29) is 0 Å². The minimum Gasteiger partial charge on any atom is -0.495 e. The average Bonchev–Trinajstić information content (AvgIpc) is 3.11. The van der Waals surface area contributed by atoms with Crippen LogP contribution in [0.3, 0.4) is 0 Å². The van der Waals surface area contributed by atoms with Gasteiger partial charge in [-0.15, -0.1) is 11.3 Å². The lowest BCUT2D eigenvalue weighted by atomic mass is 10.2. The second-order valence-corrected chi connectivity index (χ2v) is 5.64. The molecule has 0 aliphatic heterocycles. The van der Waals surface area contributed by atoms with Crippen LogP contribution in [0, 0.1) is 11.3 Å². The number of nitriles is 1. The number of thiophene rings is 1. The van der Waals surface area contributed by atoms with Gasteiger partial charge in [-0.25, -0.2) is 4.98 Å². The Morgan fingerprint density at radius 2 is 2.24 bits per heavy atom. The van der Waals surface area contributed by atoms with Crippen molar-refractivity contribution < 1.29 is 4.74 Å². The van der Waals surface area contributed by atoms with E-state index in [0.29, 0.717) is 5.56 Å². The van der Waals surface area contributed by atoms with Crippen LogP contribution in [-0.2, 0) is 6.54 Å². The van der Waals surface area contributed by atoms with Gasteiger partial charge in [0.05, 0.1) is 29.8 Å². The molecule has 1 aromatic carbocycles. The van der Waals surface area contributed by atoms with Crippen LogP contribution < -0.4 is 4.74 Å². The highest BCUT2D eigenvalue weighted by atomic mass is 32.1. The standard InChI is InChI=1S/C16H15N3OS/c1-3-7-19-13-5-4-11(10-17)9-12(13)18-16(19)15-14(20-2)6-8-21-15/h4-6,8-9H,3,7H2,1-2H3. The summed E-state index contributed by atoms with van der Waals surface area (Å²) in [6.07, 6.45) is 1.02. The van der Waals surface area contributed by atoms with Crippen LogP contribution in [0.2, 0.25) is 0 Å². The monoisotopic (exact) mass is 297 g/mol. The summed E-state index contributed by atoms with van der Waals surface area (Å²) in [5.41, 5.74) is 2.54. The molecule has 21 heavy (non-hydrogen) atoms. The quantitative estimate of drug-likeness (QED) is 0.730. The minimum absolute atomic E-state index is 0.633. The minimum atomic E-state index is 0.633. The lowest BCUT2D eigenvalue weighted by Crippen LogP contribution is -1.99. The molecule has 0 aliphatic carbocycles. The second-order valence-electron chi connectivity index (χ2n) is 4.72. The summed E-state index contributed by atoms with van der Waals surface area (Å²) in [5, 5.41) is 11.0. The Bertz CT molecular complexity index is 826. The Balaban J connectivity index is 2.26. The molecule has 0 radical (unpaired) electrons. The van der Waals surface area contributed by atoms with Crippen molar-refractivity contribution in [1.82, 2.24) is 9.55 Å². The first-order valence-electron chi connectivity index (χ1n) is 6.80. The van der Waals surface area contributed by atoms with Gasteiger partial charge < -0.3 is 9.30 Å². The van der Waals surface area contributed by atoms with E-state index < -0.39 is 0 Å². The zero-order valence-corrected chi connectivity index (χ0v) is 12.8. The third-order valence-corrected chi connectivity index (χ3v) is 4.27. The molecule has 106 valence electrons. The van der Waals surface area contributed by atoms with Gasteiger partial charge in [0, 0.05) is 6.54 Å². The van der Waals surface area contributed by atoms with Gasteiger partial charge in [-0.2, -0.15) is 5.26 Å². The molecule has 0 amide bonds. The van der Waals surface area contributed by atoms with Crippen molar-refractivity contribution in [2.45, 2.75) is 19.9 Å². The molecule has 0 fully saturated rings. The van der Waals surface area contributed by atoms with Crippen LogP contribution in [0.1, 0.15) is 18.9 Å². The number of imidazole rings is 1. The molecule has 0 spiro atoms. The predicted molar refractivity (Wildman–Crippen MR) is 84.6 cm³/mol. The molecule has 0 unspecified atom stereocenters. The van der Waals surface area contributed by atoms with Crippen LogP contribution in [0.25, 0.3) is 21.7 Å². The van der Waals surface area contributed by atoms with E-state index in [4.69, 9.17) is 15.0 Å². The lowest BCUT2D eigenvalue weighted by Gasteiger charge is -2.07. The zero-order chi connectivity index (χ0) is 14.8. The topological polar surface area (TPSA) is 50.8 Å². The van der Waals surface area contributed by atoms with E-state index >= 15 is 0 Å². The molecule has 2 heterocycles. The Morgan fingerprint density at radius 1 is 1.38 bits per heavy atom. The number of fused-ring (bicyclic) bond motifs is 1. The van der Waals surface area contributed by atoms with E-state index in [1.807, 2.05) is 29.6 Å². The maximum atomic E-state index is 9.04. The highest BCUT2D eigenvalue weighted by Crippen LogP contribution is 2.36. The van der Waals surface area contributed by atoms with Gasteiger partial charge in [-0.3, -0.25) is 0 Å². The molecule has 3 rings (SSSR count). The highest BCUT2D eigenvalue weighted by molar-refractivity contribution is 7.13. The molecular weight excluding hydrogens is 282 g/mol. The van der Waals surface area contributed by atoms with Crippen LogP contribution in [0.4, 0.5) is 0 Å². The molecular formula is C16H15N3OS. The summed E-state index contributed by atoms with van der Waals surface area (Å²) in [6, 6.07) is 9.77. The maximum absolute atomic E-state index is 9.04. The van der Waals surface area contributed by atoms with Gasteiger partial charge in [-0.05, 0) is 36.1 Å². The van der Waals surface area contributed by atoms with Crippen molar-refractivity contribution >= 4 is 22.4 Å².